The van der Waals surface area contributed by atoms with Gasteiger partial charge >= 0.3 is 0 Å². The van der Waals surface area contributed by atoms with Gasteiger partial charge in [0.05, 0.1) is 5.69 Å². The van der Waals surface area contributed by atoms with Crippen LogP contribution in [0.2, 0.25) is 0 Å². The summed E-state index contributed by atoms with van der Waals surface area (Å²) < 4.78 is 1.07. The third-order valence-corrected chi connectivity index (χ3v) is 3.48. The minimum atomic E-state index is 0.0391. The van der Waals surface area contributed by atoms with Gasteiger partial charge in [0.2, 0.25) is 0 Å². The Hall–Kier alpha value is -0.570. The molecule has 0 saturated carbocycles. The van der Waals surface area contributed by atoms with Crippen molar-refractivity contribution in [3.63, 3.8) is 0 Å². The average Bonchev–Trinajstić information content (AvgIpc) is 1.97. The van der Waals surface area contributed by atoms with Gasteiger partial charge in [-0.05, 0) is 40.8 Å². The highest BCUT2D eigenvalue weighted by Gasteiger charge is 2.22. The van der Waals surface area contributed by atoms with Crippen LogP contribution in [0.15, 0.2) is 4.47 Å². The van der Waals surface area contributed by atoms with Gasteiger partial charge in [-0.1, -0.05) is 20.8 Å². The predicted octanol–water partition coefficient (Wildman–Crippen LogP) is 3.34. The molecule has 0 saturated heterocycles. The zero-order chi connectivity index (χ0) is 11.1. The molecule has 0 radical (unpaired) electrons. The van der Waals surface area contributed by atoms with Crippen LogP contribution in [0.1, 0.15) is 37.6 Å². The van der Waals surface area contributed by atoms with Crippen molar-refractivity contribution in [1.82, 2.24) is 4.98 Å². The Balaban J connectivity index is 3.53. The monoisotopic (exact) mass is 256 g/mol. The van der Waals surface area contributed by atoms with E-state index in [1.54, 1.807) is 0 Å². The molecule has 1 aromatic rings. The summed E-state index contributed by atoms with van der Waals surface area (Å²) in [6.45, 7) is 10.5. The summed E-state index contributed by atoms with van der Waals surface area (Å²) in [6.07, 6.45) is 0. The van der Waals surface area contributed by atoms with Crippen molar-refractivity contribution in [3.05, 3.63) is 21.3 Å². The average molecular weight is 257 g/mol. The summed E-state index contributed by atoms with van der Waals surface area (Å²) in [6, 6.07) is 0. The second kappa shape index (κ2) is 3.54. The van der Waals surface area contributed by atoms with Gasteiger partial charge in [0.1, 0.15) is 5.82 Å². The minimum absolute atomic E-state index is 0.0391. The van der Waals surface area contributed by atoms with Crippen LogP contribution in [0.3, 0.4) is 0 Å². The zero-order valence-electron chi connectivity index (χ0n) is 9.40. The molecule has 0 aliphatic rings. The van der Waals surface area contributed by atoms with E-state index < -0.39 is 0 Å². The lowest BCUT2D eigenvalue weighted by atomic mass is 9.84. The van der Waals surface area contributed by atoms with Crippen molar-refractivity contribution in [3.8, 4) is 0 Å². The number of anilines is 1. The first kappa shape index (κ1) is 11.5. The summed E-state index contributed by atoms with van der Waals surface area (Å²) in [7, 11) is 0. The summed E-state index contributed by atoms with van der Waals surface area (Å²) in [5.41, 5.74) is 9.27. The highest BCUT2D eigenvalue weighted by molar-refractivity contribution is 9.10. The maximum Gasteiger partial charge on any atom is 0.127 e. The van der Waals surface area contributed by atoms with Crippen LogP contribution < -0.4 is 5.73 Å². The number of nitrogens with zero attached hydrogens (tertiary/aromatic N) is 1. The SMILES string of the molecule is Cc1nc(N)c(C(C)(C)C)c(C)c1Br. The first-order valence-electron chi connectivity index (χ1n) is 4.67. The lowest BCUT2D eigenvalue weighted by Gasteiger charge is -2.24. The standard InChI is InChI=1S/C11H17BrN2/c1-6-8(11(3,4)5)10(13)14-7(2)9(6)12/h1-5H3,(H2,13,14). The highest BCUT2D eigenvalue weighted by atomic mass is 79.9. The molecule has 0 aromatic carbocycles. The molecule has 0 fully saturated rings. The quantitative estimate of drug-likeness (QED) is 0.774. The number of rotatable bonds is 0. The van der Waals surface area contributed by atoms with Crippen molar-refractivity contribution in [2.75, 3.05) is 5.73 Å². The largest absolute Gasteiger partial charge is 0.383 e. The van der Waals surface area contributed by atoms with Gasteiger partial charge in [0.15, 0.2) is 0 Å². The van der Waals surface area contributed by atoms with Gasteiger partial charge in [-0.15, -0.1) is 0 Å². The number of aryl methyl sites for hydroxylation is 1. The molecule has 1 rings (SSSR count). The van der Waals surface area contributed by atoms with E-state index in [9.17, 15) is 0 Å². The van der Waals surface area contributed by atoms with Crippen molar-refractivity contribution >= 4 is 21.7 Å². The summed E-state index contributed by atoms with van der Waals surface area (Å²) in [4.78, 5) is 4.33. The summed E-state index contributed by atoms with van der Waals surface area (Å²) in [5.74, 6) is 0.649. The third kappa shape index (κ3) is 1.92. The van der Waals surface area contributed by atoms with Crippen molar-refractivity contribution in [2.24, 2.45) is 0 Å². The van der Waals surface area contributed by atoms with Gasteiger partial charge in [-0.2, -0.15) is 0 Å². The number of aromatic nitrogens is 1. The van der Waals surface area contributed by atoms with Gasteiger partial charge in [-0.25, -0.2) is 4.98 Å². The molecular weight excluding hydrogens is 240 g/mol. The molecule has 1 aromatic heterocycles. The maximum atomic E-state index is 5.95. The number of halogens is 1. The molecule has 0 amide bonds. The molecule has 2 N–H and O–H groups in total. The van der Waals surface area contributed by atoms with Gasteiger partial charge in [0, 0.05) is 10.0 Å². The summed E-state index contributed by atoms with van der Waals surface area (Å²) in [5, 5.41) is 0. The van der Waals surface area contributed by atoms with Crippen molar-refractivity contribution < 1.29 is 0 Å². The van der Waals surface area contributed by atoms with Crippen LogP contribution in [-0.4, -0.2) is 4.98 Å². The molecule has 14 heavy (non-hydrogen) atoms. The second-order valence-electron chi connectivity index (χ2n) is 4.65. The van der Waals surface area contributed by atoms with E-state index in [2.05, 4.69) is 48.6 Å². The van der Waals surface area contributed by atoms with E-state index in [0.29, 0.717) is 5.82 Å². The van der Waals surface area contributed by atoms with Gasteiger partial charge in [0.25, 0.3) is 0 Å². The number of hydrogen-bond donors (Lipinski definition) is 1. The fourth-order valence-corrected chi connectivity index (χ4v) is 2.09. The first-order chi connectivity index (χ1) is 6.25. The van der Waals surface area contributed by atoms with E-state index in [1.807, 2.05) is 6.92 Å². The molecule has 78 valence electrons. The summed E-state index contributed by atoms with van der Waals surface area (Å²) >= 11 is 3.54. The third-order valence-electron chi connectivity index (χ3n) is 2.32. The van der Waals surface area contributed by atoms with E-state index in [-0.39, 0.29) is 5.41 Å². The van der Waals surface area contributed by atoms with Gasteiger partial charge in [-0.3, -0.25) is 0 Å². The Morgan fingerprint density at radius 3 is 2.14 bits per heavy atom. The topological polar surface area (TPSA) is 38.9 Å². The minimum Gasteiger partial charge on any atom is -0.383 e. The van der Waals surface area contributed by atoms with E-state index in [1.165, 1.54) is 5.56 Å². The van der Waals surface area contributed by atoms with E-state index in [0.717, 1.165) is 15.7 Å². The molecule has 0 aliphatic heterocycles. The van der Waals surface area contributed by atoms with E-state index >= 15 is 0 Å². The number of nitrogen functional groups attached to an aromatic ring is 1. The van der Waals surface area contributed by atoms with Crippen molar-refractivity contribution in [1.29, 1.82) is 0 Å². The van der Waals surface area contributed by atoms with Crippen LogP contribution in [0.4, 0.5) is 5.82 Å². The van der Waals surface area contributed by atoms with Crippen LogP contribution >= 0.6 is 15.9 Å². The fraction of sp³-hybridized carbons (Fsp3) is 0.545. The molecular formula is C11H17BrN2. The number of nitrogens with two attached hydrogens (primary N) is 1. The highest BCUT2D eigenvalue weighted by Crippen LogP contribution is 2.34. The Morgan fingerprint density at radius 2 is 1.71 bits per heavy atom. The fourth-order valence-electron chi connectivity index (χ4n) is 1.81. The zero-order valence-corrected chi connectivity index (χ0v) is 11.0. The molecule has 0 aliphatic carbocycles. The number of hydrogen-bond acceptors (Lipinski definition) is 2. The second-order valence-corrected chi connectivity index (χ2v) is 5.44. The lowest BCUT2D eigenvalue weighted by molar-refractivity contribution is 0.585. The molecule has 2 nitrogen and oxygen atoms in total. The normalized spacial score (nSPS) is 11.9. The molecule has 0 spiro atoms. The molecule has 0 atom stereocenters. The van der Waals surface area contributed by atoms with Crippen LogP contribution in [0.25, 0.3) is 0 Å². The van der Waals surface area contributed by atoms with Crippen LogP contribution in [0, 0.1) is 13.8 Å². The van der Waals surface area contributed by atoms with E-state index in [4.69, 9.17) is 5.73 Å². The Bertz CT molecular complexity index is 365. The maximum absolute atomic E-state index is 5.95. The molecule has 1 heterocycles. The smallest absolute Gasteiger partial charge is 0.127 e. The van der Waals surface area contributed by atoms with Crippen molar-refractivity contribution in [2.45, 2.75) is 40.0 Å². The lowest BCUT2D eigenvalue weighted by Crippen LogP contribution is -2.18. The predicted molar refractivity (Wildman–Crippen MR) is 64.5 cm³/mol. The Morgan fingerprint density at radius 1 is 1.21 bits per heavy atom. The van der Waals surface area contributed by atoms with Crippen LogP contribution in [-0.2, 0) is 5.41 Å². The Labute approximate surface area is 94.0 Å². The molecule has 0 unspecified atom stereocenters. The first-order valence-corrected chi connectivity index (χ1v) is 5.47. The van der Waals surface area contributed by atoms with Crippen LogP contribution in [0.5, 0.6) is 0 Å². The molecule has 3 heteroatoms. The number of pyridine rings is 1. The van der Waals surface area contributed by atoms with Gasteiger partial charge < -0.3 is 5.73 Å². The Kier molecular flexibility index (Phi) is 2.91. The molecule has 0 bridgehead atoms.